The fourth-order valence-electron chi connectivity index (χ4n) is 1.91. The normalized spacial score (nSPS) is 16.6. The van der Waals surface area contributed by atoms with Crippen molar-refractivity contribution in [2.75, 3.05) is 13.1 Å². The Morgan fingerprint density at radius 1 is 1.31 bits per heavy atom. The molecular weight excluding hydrogens is 227 g/mol. The maximum Gasteiger partial charge on any atom is 0.310 e. The van der Waals surface area contributed by atoms with Gasteiger partial charge in [0.2, 0.25) is 0 Å². The molecule has 6 heteroatoms. The predicted octanol–water partition coefficient (Wildman–Crippen LogP) is 1.49. The van der Waals surface area contributed by atoms with Crippen molar-refractivity contribution in [3.05, 3.63) is 33.4 Å². The third-order valence-corrected chi connectivity index (χ3v) is 3.35. The van der Waals surface area contributed by atoms with E-state index in [1.54, 1.807) is 0 Å². The Morgan fingerprint density at radius 3 is 2.44 bits per heavy atom. The Balaban J connectivity index is 2.42. The Morgan fingerprint density at radius 2 is 1.88 bits per heavy atom. The fourth-order valence-corrected chi connectivity index (χ4v) is 2.17. The van der Waals surface area contributed by atoms with E-state index in [4.69, 9.17) is 0 Å². The molecule has 1 heterocycles. The third kappa shape index (κ3) is 2.15. The van der Waals surface area contributed by atoms with E-state index in [0.29, 0.717) is 0 Å². The first-order valence-corrected chi connectivity index (χ1v) is 5.58. The molecule has 1 aliphatic rings. The SMILES string of the molecule is O=[N+]([O-])c1cc2c(cc1O)CCN(P)CC2. The Hall–Kier alpha value is -1.19. The molecule has 0 saturated carbocycles. The molecule has 0 bridgehead atoms. The first-order chi connectivity index (χ1) is 7.58. The summed E-state index contributed by atoms with van der Waals surface area (Å²) in [5, 5.41) is 20.2. The van der Waals surface area contributed by atoms with E-state index in [-0.39, 0.29) is 11.4 Å². The molecule has 2 rings (SSSR count). The zero-order chi connectivity index (χ0) is 11.7. The van der Waals surface area contributed by atoms with Crippen molar-refractivity contribution in [3.63, 3.8) is 0 Å². The Bertz CT molecular complexity index is 436. The first-order valence-electron chi connectivity index (χ1n) is 5.06. The highest BCUT2D eigenvalue weighted by molar-refractivity contribution is 7.13. The number of rotatable bonds is 1. The molecule has 0 aliphatic carbocycles. The second-order valence-electron chi connectivity index (χ2n) is 3.90. The van der Waals surface area contributed by atoms with Crippen LogP contribution in [0.15, 0.2) is 12.1 Å². The molecule has 1 N–H and O–H groups in total. The van der Waals surface area contributed by atoms with Gasteiger partial charge in [-0.2, -0.15) is 0 Å². The van der Waals surface area contributed by atoms with Crippen LogP contribution in [-0.2, 0) is 12.8 Å². The summed E-state index contributed by atoms with van der Waals surface area (Å²) in [4.78, 5) is 10.1. The van der Waals surface area contributed by atoms with E-state index in [0.717, 1.165) is 37.1 Å². The summed E-state index contributed by atoms with van der Waals surface area (Å²) >= 11 is 0. The summed E-state index contributed by atoms with van der Waals surface area (Å²) < 4.78 is 2.10. The number of nitrogens with zero attached hydrogens (tertiary/aromatic N) is 2. The van der Waals surface area contributed by atoms with E-state index in [1.165, 1.54) is 12.1 Å². The lowest BCUT2D eigenvalue weighted by atomic mass is 10.0. The van der Waals surface area contributed by atoms with Gasteiger partial charge in [0.1, 0.15) is 0 Å². The lowest BCUT2D eigenvalue weighted by molar-refractivity contribution is -0.385. The van der Waals surface area contributed by atoms with Crippen LogP contribution < -0.4 is 0 Å². The molecule has 5 nitrogen and oxygen atoms in total. The van der Waals surface area contributed by atoms with Crippen molar-refractivity contribution in [3.8, 4) is 5.75 Å². The van der Waals surface area contributed by atoms with Gasteiger partial charge in [0.25, 0.3) is 0 Å². The first kappa shape index (κ1) is 11.3. The molecule has 0 spiro atoms. The van der Waals surface area contributed by atoms with Crippen LogP contribution in [0.1, 0.15) is 11.1 Å². The second kappa shape index (κ2) is 4.36. The Kier molecular flexibility index (Phi) is 3.08. The highest BCUT2D eigenvalue weighted by Gasteiger charge is 2.19. The third-order valence-electron chi connectivity index (χ3n) is 2.83. The molecule has 1 aliphatic heterocycles. The van der Waals surface area contributed by atoms with Crippen molar-refractivity contribution in [2.45, 2.75) is 12.8 Å². The highest BCUT2D eigenvalue weighted by Crippen LogP contribution is 2.31. The number of hydrogen-bond donors (Lipinski definition) is 1. The number of nitro groups is 1. The summed E-state index contributed by atoms with van der Waals surface area (Å²) in [6, 6.07) is 3.02. The predicted molar refractivity (Wildman–Crippen MR) is 63.5 cm³/mol. The van der Waals surface area contributed by atoms with Gasteiger partial charge in [0.15, 0.2) is 5.75 Å². The zero-order valence-electron chi connectivity index (χ0n) is 8.72. The molecule has 1 atom stereocenters. The lowest BCUT2D eigenvalue weighted by Gasteiger charge is -2.10. The van der Waals surface area contributed by atoms with Crippen LogP contribution in [-0.4, -0.2) is 27.8 Å². The maximum atomic E-state index is 10.7. The topological polar surface area (TPSA) is 66.6 Å². The smallest absolute Gasteiger partial charge is 0.310 e. The fraction of sp³-hybridized carbons (Fsp3) is 0.400. The van der Waals surface area contributed by atoms with Crippen LogP contribution in [0.3, 0.4) is 0 Å². The molecule has 0 radical (unpaired) electrons. The van der Waals surface area contributed by atoms with E-state index in [9.17, 15) is 15.2 Å². The summed E-state index contributed by atoms with van der Waals surface area (Å²) in [6.07, 6.45) is 1.59. The monoisotopic (exact) mass is 240 g/mol. The number of hydrogen-bond acceptors (Lipinski definition) is 4. The maximum absolute atomic E-state index is 10.7. The number of nitro benzene ring substituents is 1. The van der Waals surface area contributed by atoms with Crippen LogP contribution in [0.25, 0.3) is 0 Å². The minimum absolute atomic E-state index is 0.198. The molecule has 0 aromatic heterocycles. The standard InChI is InChI=1S/C10H13N2O3P/c13-10-6-8-2-4-11(16)3-1-7(8)5-9(10)12(14)15/h5-6,13H,1-4,16H2. The van der Waals surface area contributed by atoms with Gasteiger partial charge in [-0.3, -0.25) is 14.8 Å². The van der Waals surface area contributed by atoms with Gasteiger partial charge >= 0.3 is 5.69 Å². The van der Waals surface area contributed by atoms with E-state index in [2.05, 4.69) is 14.1 Å². The molecule has 1 unspecified atom stereocenters. The number of benzene rings is 1. The van der Waals surface area contributed by atoms with Crippen LogP contribution in [0, 0.1) is 10.1 Å². The molecule has 0 fully saturated rings. The quantitative estimate of drug-likeness (QED) is 0.459. The number of aromatic hydroxyl groups is 1. The Labute approximate surface area is 95.5 Å². The van der Waals surface area contributed by atoms with Gasteiger partial charge in [-0.15, -0.1) is 0 Å². The highest BCUT2D eigenvalue weighted by atomic mass is 31.0. The van der Waals surface area contributed by atoms with Crippen molar-refractivity contribution < 1.29 is 10.0 Å². The number of phenols is 1. The van der Waals surface area contributed by atoms with Crippen LogP contribution in [0.5, 0.6) is 5.75 Å². The summed E-state index contributed by atoms with van der Waals surface area (Å²) in [5.41, 5.74) is 1.78. The molecule has 1 aromatic rings. The summed E-state index contributed by atoms with van der Waals surface area (Å²) in [5.74, 6) is -0.235. The largest absolute Gasteiger partial charge is 0.502 e. The van der Waals surface area contributed by atoms with E-state index >= 15 is 0 Å². The minimum Gasteiger partial charge on any atom is -0.502 e. The van der Waals surface area contributed by atoms with Gasteiger partial charge in [0, 0.05) is 19.2 Å². The van der Waals surface area contributed by atoms with Gasteiger partial charge in [0.05, 0.1) is 4.92 Å². The molecular formula is C10H13N2O3P. The molecule has 0 saturated heterocycles. The van der Waals surface area contributed by atoms with Crippen molar-refractivity contribution in [2.24, 2.45) is 0 Å². The van der Waals surface area contributed by atoms with Crippen LogP contribution in [0.2, 0.25) is 0 Å². The van der Waals surface area contributed by atoms with Crippen LogP contribution in [0.4, 0.5) is 5.69 Å². The van der Waals surface area contributed by atoms with E-state index < -0.39 is 4.92 Å². The minimum atomic E-state index is -0.543. The number of phenolic OH excluding ortho intramolecular Hbond substituents is 1. The average molecular weight is 240 g/mol. The van der Waals surface area contributed by atoms with Crippen molar-refractivity contribution in [1.82, 2.24) is 4.67 Å². The summed E-state index contributed by atoms with van der Waals surface area (Å²) in [6.45, 7) is 1.74. The molecule has 1 aromatic carbocycles. The van der Waals surface area contributed by atoms with Gasteiger partial charge in [-0.25, -0.2) is 0 Å². The average Bonchev–Trinajstić information content (AvgIpc) is 2.40. The van der Waals surface area contributed by atoms with E-state index in [1.807, 2.05) is 0 Å². The van der Waals surface area contributed by atoms with Crippen molar-refractivity contribution >= 4 is 15.1 Å². The lowest BCUT2D eigenvalue weighted by Crippen LogP contribution is -2.13. The zero-order valence-corrected chi connectivity index (χ0v) is 9.87. The van der Waals surface area contributed by atoms with Crippen LogP contribution >= 0.6 is 9.39 Å². The van der Waals surface area contributed by atoms with Crippen molar-refractivity contribution in [1.29, 1.82) is 0 Å². The molecule has 0 amide bonds. The van der Waals surface area contributed by atoms with Gasteiger partial charge in [-0.1, -0.05) is 9.39 Å². The summed E-state index contributed by atoms with van der Waals surface area (Å²) in [7, 11) is 2.64. The molecule has 86 valence electrons. The second-order valence-corrected chi connectivity index (χ2v) is 4.63. The van der Waals surface area contributed by atoms with Gasteiger partial charge in [-0.05, 0) is 30.0 Å². The number of fused-ring (bicyclic) bond motifs is 1. The van der Waals surface area contributed by atoms with Gasteiger partial charge < -0.3 is 5.11 Å². The molecule has 16 heavy (non-hydrogen) atoms.